The summed E-state index contributed by atoms with van der Waals surface area (Å²) in [4.78, 5) is 1.29. The van der Waals surface area contributed by atoms with Crippen molar-refractivity contribution >= 4 is 27.3 Å². The van der Waals surface area contributed by atoms with Gasteiger partial charge in [0.05, 0.1) is 24.8 Å². The average Bonchev–Trinajstić information content (AvgIpc) is 2.93. The molecule has 0 aliphatic carbocycles. The number of methoxy groups -OCH3 is 1. The van der Waals surface area contributed by atoms with Gasteiger partial charge in [-0.2, -0.15) is 0 Å². The van der Waals surface area contributed by atoms with E-state index >= 15 is 0 Å². The number of aliphatic hydroxyl groups excluding tert-OH is 1. The molecular formula is C14H15BrO3S. The largest absolute Gasteiger partial charge is 0.493 e. The van der Waals surface area contributed by atoms with Crippen molar-refractivity contribution in [2.24, 2.45) is 0 Å². The summed E-state index contributed by atoms with van der Waals surface area (Å²) in [6, 6.07) is 7.75. The van der Waals surface area contributed by atoms with Gasteiger partial charge in [-0.05, 0) is 45.1 Å². The minimum Gasteiger partial charge on any atom is -0.493 e. The second kappa shape index (κ2) is 6.93. The molecule has 0 atom stereocenters. The maximum Gasteiger partial charge on any atom is 0.175 e. The number of hydrogen-bond acceptors (Lipinski definition) is 4. The first-order valence-electron chi connectivity index (χ1n) is 5.87. The topological polar surface area (TPSA) is 38.7 Å². The molecule has 102 valence electrons. The standard InChI is InChI=1S/C14H15BrO3S/c1-17-13-8-10(9-16)7-12(15)14(13)18-5-4-11-3-2-6-19-11/h2-3,6-8,16H,4-5,9H2,1H3. The first-order valence-corrected chi connectivity index (χ1v) is 7.54. The molecule has 0 saturated carbocycles. The molecule has 1 aromatic heterocycles. The third kappa shape index (κ3) is 3.72. The van der Waals surface area contributed by atoms with Gasteiger partial charge >= 0.3 is 0 Å². The molecule has 0 unspecified atom stereocenters. The maximum atomic E-state index is 9.16. The van der Waals surface area contributed by atoms with Crippen LogP contribution in [0.5, 0.6) is 11.5 Å². The Labute approximate surface area is 124 Å². The van der Waals surface area contributed by atoms with Gasteiger partial charge in [-0.15, -0.1) is 11.3 Å². The molecule has 0 saturated heterocycles. The fourth-order valence-corrected chi connectivity index (χ4v) is 3.01. The van der Waals surface area contributed by atoms with Crippen molar-refractivity contribution in [2.45, 2.75) is 13.0 Å². The van der Waals surface area contributed by atoms with Gasteiger partial charge in [0.25, 0.3) is 0 Å². The molecule has 0 spiro atoms. The van der Waals surface area contributed by atoms with Crippen molar-refractivity contribution in [2.75, 3.05) is 13.7 Å². The summed E-state index contributed by atoms with van der Waals surface area (Å²) in [7, 11) is 1.59. The summed E-state index contributed by atoms with van der Waals surface area (Å²) >= 11 is 5.17. The minimum absolute atomic E-state index is 0.0234. The third-order valence-electron chi connectivity index (χ3n) is 2.65. The average molecular weight is 343 g/mol. The summed E-state index contributed by atoms with van der Waals surface area (Å²) in [6.07, 6.45) is 0.870. The van der Waals surface area contributed by atoms with E-state index in [1.165, 1.54) is 4.88 Å². The second-order valence-corrected chi connectivity index (χ2v) is 5.83. The van der Waals surface area contributed by atoms with Crippen LogP contribution in [0.2, 0.25) is 0 Å². The lowest BCUT2D eigenvalue weighted by molar-refractivity contribution is 0.277. The highest BCUT2D eigenvalue weighted by Crippen LogP contribution is 2.36. The predicted molar refractivity (Wildman–Crippen MR) is 80.1 cm³/mol. The summed E-state index contributed by atoms with van der Waals surface area (Å²) in [5.41, 5.74) is 0.786. The lowest BCUT2D eigenvalue weighted by Gasteiger charge is -2.13. The van der Waals surface area contributed by atoms with Gasteiger partial charge < -0.3 is 14.6 Å². The molecule has 1 heterocycles. The molecular weight excluding hydrogens is 328 g/mol. The molecule has 0 bridgehead atoms. The number of ether oxygens (including phenoxy) is 2. The molecule has 0 amide bonds. The Hall–Kier alpha value is -1.04. The van der Waals surface area contributed by atoms with E-state index in [0.29, 0.717) is 18.1 Å². The zero-order chi connectivity index (χ0) is 13.7. The van der Waals surface area contributed by atoms with Gasteiger partial charge in [-0.1, -0.05) is 6.07 Å². The predicted octanol–water partition coefficient (Wildman–Crippen LogP) is 3.63. The Morgan fingerprint density at radius 3 is 2.84 bits per heavy atom. The Morgan fingerprint density at radius 1 is 1.37 bits per heavy atom. The number of halogens is 1. The summed E-state index contributed by atoms with van der Waals surface area (Å²) < 4.78 is 11.9. The SMILES string of the molecule is COc1cc(CO)cc(Br)c1OCCc1cccs1. The van der Waals surface area contributed by atoms with Crippen LogP contribution in [0.15, 0.2) is 34.1 Å². The fourth-order valence-electron chi connectivity index (χ4n) is 1.71. The molecule has 2 aromatic rings. The molecule has 0 radical (unpaired) electrons. The van der Waals surface area contributed by atoms with Crippen LogP contribution in [0.25, 0.3) is 0 Å². The number of aliphatic hydroxyl groups is 1. The van der Waals surface area contributed by atoms with Crippen molar-refractivity contribution in [3.8, 4) is 11.5 Å². The van der Waals surface area contributed by atoms with E-state index in [1.807, 2.05) is 12.1 Å². The van der Waals surface area contributed by atoms with Crippen molar-refractivity contribution < 1.29 is 14.6 Å². The van der Waals surface area contributed by atoms with E-state index in [9.17, 15) is 0 Å². The molecule has 1 aromatic carbocycles. The van der Waals surface area contributed by atoms with Crippen molar-refractivity contribution in [3.05, 3.63) is 44.6 Å². The fraction of sp³-hybridized carbons (Fsp3) is 0.286. The van der Waals surface area contributed by atoms with Gasteiger partial charge in [0, 0.05) is 11.3 Å². The molecule has 0 fully saturated rings. The van der Waals surface area contributed by atoms with E-state index in [1.54, 1.807) is 24.5 Å². The van der Waals surface area contributed by atoms with E-state index in [2.05, 4.69) is 27.4 Å². The highest BCUT2D eigenvalue weighted by atomic mass is 79.9. The quantitative estimate of drug-likeness (QED) is 0.871. The van der Waals surface area contributed by atoms with Crippen LogP contribution in [-0.2, 0) is 13.0 Å². The summed E-state index contributed by atoms with van der Waals surface area (Å²) in [6.45, 7) is 0.568. The van der Waals surface area contributed by atoms with Crippen molar-refractivity contribution in [1.82, 2.24) is 0 Å². The van der Waals surface area contributed by atoms with Crippen LogP contribution in [-0.4, -0.2) is 18.8 Å². The molecule has 1 N–H and O–H groups in total. The van der Waals surface area contributed by atoms with Crippen LogP contribution in [0.3, 0.4) is 0 Å². The van der Waals surface area contributed by atoms with E-state index < -0.39 is 0 Å². The molecule has 5 heteroatoms. The van der Waals surface area contributed by atoms with Crippen molar-refractivity contribution in [3.63, 3.8) is 0 Å². The lowest BCUT2D eigenvalue weighted by Crippen LogP contribution is -2.03. The Kier molecular flexibility index (Phi) is 5.24. The zero-order valence-electron chi connectivity index (χ0n) is 10.6. The normalized spacial score (nSPS) is 10.5. The Balaban J connectivity index is 2.06. The minimum atomic E-state index is -0.0234. The van der Waals surface area contributed by atoms with Crippen LogP contribution >= 0.6 is 27.3 Å². The van der Waals surface area contributed by atoms with Crippen LogP contribution in [0.4, 0.5) is 0 Å². The van der Waals surface area contributed by atoms with Crippen LogP contribution < -0.4 is 9.47 Å². The number of hydrogen-bond donors (Lipinski definition) is 1. The third-order valence-corrected chi connectivity index (χ3v) is 4.17. The van der Waals surface area contributed by atoms with Gasteiger partial charge in [0.1, 0.15) is 0 Å². The van der Waals surface area contributed by atoms with Gasteiger partial charge in [-0.25, -0.2) is 0 Å². The van der Waals surface area contributed by atoms with Gasteiger partial charge in [0.2, 0.25) is 0 Å². The van der Waals surface area contributed by atoms with Crippen LogP contribution in [0, 0.1) is 0 Å². The number of thiophene rings is 1. The highest BCUT2D eigenvalue weighted by Gasteiger charge is 2.11. The summed E-state index contributed by atoms with van der Waals surface area (Å²) in [5.74, 6) is 1.31. The van der Waals surface area contributed by atoms with Crippen molar-refractivity contribution in [1.29, 1.82) is 0 Å². The van der Waals surface area contributed by atoms with Gasteiger partial charge in [0.15, 0.2) is 11.5 Å². The van der Waals surface area contributed by atoms with E-state index in [-0.39, 0.29) is 6.61 Å². The van der Waals surface area contributed by atoms with Gasteiger partial charge in [-0.3, -0.25) is 0 Å². The Bertz CT molecular complexity index is 526. The Morgan fingerprint density at radius 2 is 2.21 bits per heavy atom. The highest BCUT2D eigenvalue weighted by molar-refractivity contribution is 9.10. The molecule has 19 heavy (non-hydrogen) atoms. The molecule has 0 aliphatic rings. The first-order chi connectivity index (χ1) is 9.24. The number of rotatable bonds is 6. The molecule has 2 rings (SSSR count). The zero-order valence-corrected chi connectivity index (χ0v) is 13.0. The first kappa shape index (κ1) is 14.4. The van der Waals surface area contributed by atoms with E-state index in [0.717, 1.165) is 16.5 Å². The lowest BCUT2D eigenvalue weighted by atomic mass is 10.2. The van der Waals surface area contributed by atoms with Crippen LogP contribution in [0.1, 0.15) is 10.4 Å². The van der Waals surface area contributed by atoms with E-state index in [4.69, 9.17) is 14.6 Å². The second-order valence-electron chi connectivity index (χ2n) is 3.94. The monoisotopic (exact) mass is 342 g/mol. The maximum absolute atomic E-state index is 9.16. The number of benzene rings is 1. The molecule has 0 aliphatic heterocycles. The molecule has 3 nitrogen and oxygen atoms in total. The smallest absolute Gasteiger partial charge is 0.175 e. The summed E-state index contributed by atoms with van der Waals surface area (Å²) in [5, 5.41) is 11.2.